The van der Waals surface area contributed by atoms with Crippen LogP contribution in [0.3, 0.4) is 0 Å². The maximum Gasteiger partial charge on any atom is 0.0848 e. The zero-order valence-corrected chi connectivity index (χ0v) is 10.8. The Bertz CT molecular complexity index is 395. The number of β-amino-alcohol motifs (C(OH)–C–C–N with tert-alkyl or cyclic N) is 1. The van der Waals surface area contributed by atoms with Gasteiger partial charge in [-0.1, -0.05) is 30.3 Å². The van der Waals surface area contributed by atoms with Gasteiger partial charge in [-0.2, -0.15) is 0 Å². The number of aliphatic hydroxyl groups is 1. The van der Waals surface area contributed by atoms with Crippen molar-refractivity contribution < 1.29 is 5.11 Å². The van der Waals surface area contributed by atoms with Crippen LogP contribution in [-0.4, -0.2) is 41.3 Å². The molecule has 1 spiro atoms. The summed E-state index contributed by atoms with van der Waals surface area (Å²) in [5, 5.41) is 13.7. The first-order valence-electron chi connectivity index (χ1n) is 6.99. The Morgan fingerprint density at radius 1 is 1.28 bits per heavy atom. The standard InChI is InChI=1S/C15H22N2O/c18-14-11-16-9-8-15(14)7-4-10-17(15)12-13-5-2-1-3-6-13/h1-3,5-6,14,16,18H,4,7-12H2/t14-,15-/m1/s1. The summed E-state index contributed by atoms with van der Waals surface area (Å²) in [4.78, 5) is 2.51. The fraction of sp³-hybridized carbons (Fsp3) is 0.600. The van der Waals surface area contributed by atoms with E-state index in [4.69, 9.17) is 0 Å². The summed E-state index contributed by atoms with van der Waals surface area (Å²) in [7, 11) is 0. The molecule has 2 aliphatic heterocycles. The monoisotopic (exact) mass is 246 g/mol. The van der Waals surface area contributed by atoms with Gasteiger partial charge >= 0.3 is 0 Å². The van der Waals surface area contributed by atoms with Crippen LogP contribution in [0.2, 0.25) is 0 Å². The molecule has 2 aliphatic rings. The fourth-order valence-corrected chi connectivity index (χ4v) is 3.56. The lowest BCUT2D eigenvalue weighted by Gasteiger charge is -2.45. The number of hydrogen-bond donors (Lipinski definition) is 2. The van der Waals surface area contributed by atoms with Gasteiger partial charge in [-0.15, -0.1) is 0 Å². The molecule has 2 saturated heterocycles. The molecule has 3 rings (SSSR count). The van der Waals surface area contributed by atoms with Crippen molar-refractivity contribution in [3.63, 3.8) is 0 Å². The molecule has 1 aromatic carbocycles. The minimum atomic E-state index is -0.225. The molecule has 2 atom stereocenters. The summed E-state index contributed by atoms with van der Waals surface area (Å²) in [5.74, 6) is 0. The molecule has 0 unspecified atom stereocenters. The summed E-state index contributed by atoms with van der Waals surface area (Å²) in [6, 6.07) is 10.6. The lowest BCUT2D eigenvalue weighted by molar-refractivity contribution is -0.0318. The van der Waals surface area contributed by atoms with Gasteiger partial charge in [-0.3, -0.25) is 4.90 Å². The summed E-state index contributed by atoms with van der Waals surface area (Å²) in [6.07, 6.45) is 3.20. The van der Waals surface area contributed by atoms with Gasteiger partial charge in [0.05, 0.1) is 6.10 Å². The Hall–Kier alpha value is -0.900. The van der Waals surface area contributed by atoms with Crippen LogP contribution in [0.1, 0.15) is 24.8 Å². The second-order valence-corrected chi connectivity index (χ2v) is 5.58. The van der Waals surface area contributed by atoms with Gasteiger partial charge in [0.15, 0.2) is 0 Å². The molecule has 98 valence electrons. The van der Waals surface area contributed by atoms with E-state index in [0.29, 0.717) is 0 Å². The van der Waals surface area contributed by atoms with Crippen LogP contribution in [0.5, 0.6) is 0 Å². The molecular weight excluding hydrogens is 224 g/mol. The molecule has 0 bridgehead atoms. The van der Waals surface area contributed by atoms with Gasteiger partial charge in [-0.05, 0) is 37.9 Å². The van der Waals surface area contributed by atoms with Gasteiger partial charge in [0, 0.05) is 18.6 Å². The molecule has 1 aromatic rings. The first-order chi connectivity index (χ1) is 8.81. The maximum atomic E-state index is 10.4. The van der Waals surface area contributed by atoms with Gasteiger partial charge in [0.25, 0.3) is 0 Å². The normalized spacial score (nSPS) is 33.1. The van der Waals surface area contributed by atoms with Crippen molar-refractivity contribution in [2.75, 3.05) is 19.6 Å². The third-order valence-electron chi connectivity index (χ3n) is 4.58. The van der Waals surface area contributed by atoms with Crippen molar-refractivity contribution in [2.24, 2.45) is 0 Å². The minimum Gasteiger partial charge on any atom is -0.390 e. The zero-order valence-electron chi connectivity index (χ0n) is 10.8. The smallest absolute Gasteiger partial charge is 0.0848 e. The SMILES string of the molecule is O[C@@H]1CNCC[C@]12CCCN2Cc1ccccc1. The molecular formula is C15H22N2O. The van der Waals surface area contributed by atoms with E-state index in [0.717, 1.165) is 39.0 Å². The Balaban J connectivity index is 1.78. The first kappa shape index (κ1) is 12.2. The van der Waals surface area contributed by atoms with Crippen LogP contribution < -0.4 is 5.32 Å². The maximum absolute atomic E-state index is 10.4. The van der Waals surface area contributed by atoms with Gasteiger partial charge in [0.2, 0.25) is 0 Å². The Labute approximate surface area is 109 Å². The van der Waals surface area contributed by atoms with Crippen LogP contribution in [0.25, 0.3) is 0 Å². The van der Waals surface area contributed by atoms with E-state index in [9.17, 15) is 5.11 Å². The molecule has 2 fully saturated rings. The quantitative estimate of drug-likeness (QED) is 0.827. The van der Waals surface area contributed by atoms with Crippen LogP contribution >= 0.6 is 0 Å². The van der Waals surface area contributed by atoms with Crippen LogP contribution in [-0.2, 0) is 6.54 Å². The average molecular weight is 246 g/mol. The molecule has 3 nitrogen and oxygen atoms in total. The largest absolute Gasteiger partial charge is 0.390 e. The molecule has 3 heteroatoms. The molecule has 0 amide bonds. The van der Waals surface area contributed by atoms with Gasteiger partial charge in [-0.25, -0.2) is 0 Å². The van der Waals surface area contributed by atoms with E-state index < -0.39 is 0 Å². The molecule has 0 aliphatic carbocycles. The Morgan fingerprint density at radius 2 is 2.11 bits per heavy atom. The summed E-state index contributed by atoms with van der Waals surface area (Å²) < 4.78 is 0. The highest BCUT2D eigenvalue weighted by atomic mass is 16.3. The van der Waals surface area contributed by atoms with Crippen LogP contribution in [0, 0.1) is 0 Å². The molecule has 2 heterocycles. The van der Waals surface area contributed by atoms with E-state index >= 15 is 0 Å². The highest BCUT2D eigenvalue weighted by Crippen LogP contribution is 2.37. The predicted octanol–water partition coefficient (Wildman–Crippen LogP) is 1.38. The van der Waals surface area contributed by atoms with E-state index in [1.807, 2.05) is 0 Å². The van der Waals surface area contributed by atoms with Crippen molar-refractivity contribution >= 4 is 0 Å². The van der Waals surface area contributed by atoms with E-state index in [-0.39, 0.29) is 11.6 Å². The van der Waals surface area contributed by atoms with Gasteiger partial charge in [0.1, 0.15) is 0 Å². The van der Waals surface area contributed by atoms with Crippen LogP contribution in [0.4, 0.5) is 0 Å². The van der Waals surface area contributed by atoms with Crippen molar-refractivity contribution in [1.82, 2.24) is 10.2 Å². The number of aliphatic hydroxyl groups excluding tert-OH is 1. The summed E-state index contributed by atoms with van der Waals surface area (Å²) >= 11 is 0. The lowest BCUT2D eigenvalue weighted by Crippen LogP contribution is -2.60. The van der Waals surface area contributed by atoms with E-state index in [2.05, 4.69) is 40.5 Å². The number of likely N-dealkylation sites (tertiary alicyclic amines) is 1. The number of hydrogen-bond acceptors (Lipinski definition) is 3. The molecule has 0 saturated carbocycles. The molecule has 0 radical (unpaired) electrons. The third-order valence-corrected chi connectivity index (χ3v) is 4.58. The third kappa shape index (κ3) is 2.07. The van der Waals surface area contributed by atoms with E-state index in [1.54, 1.807) is 0 Å². The second kappa shape index (κ2) is 5.00. The highest BCUT2D eigenvalue weighted by Gasteiger charge is 2.47. The molecule has 2 N–H and O–H groups in total. The fourth-order valence-electron chi connectivity index (χ4n) is 3.56. The number of benzene rings is 1. The van der Waals surface area contributed by atoms with Gasteiger partial charge < -0.3 is 10.4 Å². The van der Waals surface area contributed by atoms with Crippen molar-refractivity contribution in [3.05, 3.63) is 35.9 Å². The highest BCUT2D eigenvalue weighted by molar-refractivity contribution is 5.16. The zero-order chi connectivity index (χ0) is 12.4. The first-order valence-corrected chi connectivity index (χ1v) is 6.99. The second-order valence-electron chi connectivity index (χ2n) is 5.58. The van der Waals surface area contributed by atoms with Crippen molar-refractivity contribution in [2.45, 2.75) is 37.5 Å². The number of piperidine rings is 1. The summed E-state index contributed by atoms with van der Waals surface area (Å²) in [5.41, 5.74) is 1.38. The van der Waals surface area contributed by atoms with Crippen molar-refractivity contribution in [3.8, 4) is 0 Å². The average Bonchev–Trinajstić information content (AvgIpc) is 2.79. The number of nitrogens with one attached hydrogen (secondary N) is 1. The molecule has 18 heavy (non-hydrogen) atoms. The Morgan fingerprint density at radius 3 is 2.89 bits per heavy atom. The summed E-state index contributed by atoms with van der Waals surface area (Å²) in [6.45, 7) is 3.86. The number of nitrogens with zero attached hydrogens (tertiary/aromatic N) is 1. The van der Waals surface area contributed by atoms with Crippen LogP contribution in [0.15, 0.2) is 30.3 Å². The topological polar surface area (TPSA) is 35.5 Å². The minimum absolute atomic E-state index is 0.0289. The number of rotatable bonds is 2. The Kier molecular flexibility index (Phi) is 3.37. The lowest BCUT2D eigenvalue weighted by atomic mass is 9.83. The predicted molar refractivity (Wildman–Crippen MR) is 72.3 cm³/mol. The molecule has 0 aromatic heterocycles. The van der Waals surface area contributed by atoms with E-state index in [1.165, 1.54) is 12.0 Å². The van der Waals surface area contributed by atoms with Crippen molar-refractivity contribution in [1.29, 1.82) is 0 Å².